The molecule has 0 unspecified atom stereocenters. The quantitative estimate of drug-likeness (QED) is 0.940. The van der Waals surface area contributed by atoms with Gasteiger partial charge in [0, 0.05) is 23.6 Å². The van der Waals surface area contributed by atoms with Gasteiger partial charge in [0.2, 0.25) is 5.91 Å². The van der Waals surface area contributed by atoms with E-state index < -0.39 is 0 Å². The second kappa shape index (κ2) is 6.38. The molecule has 0 radical (unpaired) electrons. The Morgan fingerprint density at radius 3 is 2.96 bits per heavy atom. The average molecular weight is 330 g/mol. The predicted octanol–water partition coefficient (Wildman–Crippen LogP) is 3.29. The molecule has 0 bridgehead atoms. The van der Waals surface area contributed by atoms with E-state index in [0.717, 1.165) is 12.0 Å². The number of fused-ring (bicyclic) bond motifs is 1. The summed E-state index contributed by atoms with van der Waals surface area (Å²) in [5.41, 5.74) is 2.87. The number of amides is 2. The van der Waals surface area contributed by atoms with Crippen LogP contribution >= 0.6 is 11.6 Å². The van der Waals surface area contributed by atoms with Crippen LogP contribution in [0.4, 0.5) is 11.4 Å². The zero-order valence-corrected chi connectivity index (χ0v) is 13.4. The fraction of sp³-hybridized carbons (Fsp3) is 0.235. The van der Waals surface area contributed by atoms with Crippen molar-refractivity contribution in [3.8, 4) is 0 Å². The van der Waals surface area contributed by atoms with Gasteiger partial charge in [0.25, 0.3) is 5.91 Å². The normalized spacial score (nSPS) is 13.7. The van der Waals surface area contributed by atoms with Gasteiger partial charge in [0.1, 0.15) is 0 Å². The molecule has 118 valence electrons. The lowest BCUT2D eigenvalue weighted by molar-refractivity contribution is -0.115. The monoisotopic (exact) mass is 329 g/mol. The van der Waals surface area contributed by atoms with Crippen LogP contribution in [0, 0.1) is 0 Å². The molecule has 0 spiro atoms. The molecule has 2 aromatic rings. The van der Waals surface area contributed by atoms with Crippen molar-refractivity contribution in [1.29, 1.82) is 0 Å². The molecule has 3 rings (SSSR count). The van der Waals surface area contributed by atoms with Gasteiger partial charge in [0.05, 0.1) is 23.8 Å². The number of nitrogens with zero attached hydrogens (tertiary/aromatic N) is 2. The first kappa shape index (κ1) is 15.5. The fourth-order valence-corrected chi connectivity index (χ4v) is 2.79. The van der Waals surface area contributed by atoms with Gasteiger partial charge in [-0.05, 0) is 36.2 Å². The summed E-state index contributed by atoms with van der Waals surface area (Å²) in [6.07, 6.45) is 4.31. The van der Waals surface area contributed by atoms with Crippen molar-refractivity contribution in [3.63, 3.8) is 0 Å². The van der Waals surface area contributed by atoms with Crippen molar-refractivity contribution in [1.82, 2.24) is 4.98 Å². The molecule has 1 aliphatic rings. The van der Waals surface area contributed by atoms with E-state index in [9.17, 15) is 9.59 Å². The lowest BCUT2D eigenvalue weighted by Gasteiger charge is -2.28. The molecule has 2 amide bonds. The number of rotatable bonds is 3. The van der Waals surface area contributed by atoms with Crippen molar-refractivity contribution in [2.45, 2.75) is 19.8 Å². The Morgan fingerprint density at radius 1 is 1.35 bits per heavy atom. The molecule has 1 aromatic carbocycles. The van der Waals surface area contributed by atoms with Crippen LogP contribution in [0.5, 0.6) is 0 Å². The smallest absolute Gasteiger partial charge is 0.258 e. The third-order valence-electron chi connectivity index (χ3n) is 3.79. The number of halogens is 1. The highest BCUT2D eigenvalue weighted by Crippen LogP contribution is 2.27. The number of hydrogen-bond acceptors (Lipinski definition) is 3. The van der Waals surface area contributed by atoms with Gasteiger partial charge in [-0.25, -0.2) is 0 Å². The van der Waals surface area contributed by atoms with Gasteiger partial charge in [-0.15, -0.1) is 0 Å². The van der Waals surface area contributed by atoms with E-state index >= 15 is 0 Å². The first-order chi connectivity index (χ1) is 11.1. The number of nitrogens with one attached hydrogen (secondary N) is 1. The molecule has 0 atom stereocenters. The molecular formula is C17H16ClN3O2. The van der Waals surface area contributed by atoms with Crippen LogP contribution in [0.3, 0.4) is 0 Å². The van der Waals surface area contributed by atoms with Gasteiger partial charge in [-0.3, -0.25) is 14.6 Å². The van der Waals surface area contributed by atoms with Crippen molar-refractivity contribution in [2.24, 2.45) is 0 Å². The lowest BCUT2D eigenvalue weighted by Crippen LogP contribution is -2.37. The van der Waals surface area contributed by atoms with E-state index in [0.29, 0.717) is 34.9 Å². The van der Waals surface area contributed by atoms with Gasteiger partial charge in [-0.2, -0.15) is 0 Å². The number of hydrogen-bond donors (Lipinski definition) is 1. The summed E-state index contributed by atoms with van der Waals surface area (Å²) in [5, 5.41) is 3.39. The maximum absolute atomic E-state index is 12.7. The van der Waals surface area contributed by atoms with Crippen LogP contribution in [0.15, 0.2) is 36.7 Å². The van der Waals surface area contributed by atoms with Gasteiger partial charge in [0.15, 0.2) is 0 Å². The number of carbonyl (C=O) groups excluding carboxylic acids is 2. The molecule has 0 saturated heterocycles. The van der Waals surface area contributed by atoms with Gasteiger partial charge >= 0.3 is 0 Å². The van der Waals surface area contributed by atoms with Gasteiger partial charge < -0.3 is 10.2 Å². The van der Waals surface area contributed by atoms with Crippen LogP contribution in [-0.2, 0) is 11.2 Å². The third-order valence-corrected chi connectivity index (χ3v) is 4.02. The molecule has 0 aliphatic carbocycles. The fourth-order valence-electron chi connectivity index (χ4n) is 2.60. The molecular weight excluding hydrogens is 314 g/mol. The van der Waals surface area contributed by atoms with Crippen LogP contribution in [0.2, 0.25) is 5.02 Å². The molecule has 2 heterocycles. The van der Waals surface area contributed by atoms with Crippen LogP contribution in [-0.4, -0.2) is 23.3 Å². The minimum Gasteiger partial charge on any atom is -0.325 e. The molecule has 0 fully saturated rings. The zero-order valence-electron chi connectivity index (χ0n) is 12.7. The summed E-state index contributed by atoms with van der Waals surface area (Å²) < 4.78 is 0. The Hall–Kier alpha value is -2.40. The summed E-state index contributed by atoms with van der Waals surface area (Å²) in [5.74, 6) is -0.169. The molecule has 23 heavy (non-hydrogen) atoms. The first-order valence-corrected chi connectivity index (χ1v) is 7.81. The molecule has 6 heteroatoms. The maximum atomic E-state index is 12.7. The first-order valence-electron chi connectivity index (χ1n) is 7.43. The molecule has 1 aliphatic heterocycles. The zero-order chi connectivity index (χ0) is 16.4. The van der Waals surface area contributed by atoms with E-state index in [1.807, 2.05) is 6.07 Å². The minimum absolute atomic E-state index is 0.0799. The van der Waals surface area contributed by atoms with Crippen LogP contribution < -0.4 is 10.2 Å². The Labute approximate surface area is 139 Å². The number of pyridine rings is 1. The highest BCUT2D eigenvalue weighted by Gasteiger charge is 2.26. The Balaban J connectivity index is 1.88. The van der Waals surface area contributed by atoms with Crippen LogP contribution in [0.1, 0.15) is 29.3 Å². The van der Waals surface area contributed by atoms with Crippen molar-refractivity contribution in [2.75, 3.05) is 16.8 Å². The Bertz CT molecular complexity index is 776. The summed E-state index contributed by atoms with van der Waals surface area (Å²) >= 11 is 5.99. The molecule has 1 aromatic heterocycles. The van der Waals surface area contributed by atoms with Gasteiger partial charge in [-0.1, -0.05) is 18.5 Å². The van der Waals surface area contributed by atoms with E-state index in [1.54, 1.807) is 42.4 Å². The molecule has 0 saturated carbocycles. The largest absolute Gasteiger partial charge is 0.325 e. The van der Waals surface area contributed by atoms with Crippen molar-refractivity contribution < 1.29 is 9.59 Å². The SMILES string of the molecule is CCC(=O)Nc1cncc(N2CCc3cc(Cl)ccc3C2=O)c1. The number of anilines is 2. The van der Waals surface area contributed by atoms with Crippen LogP contribution in [0.25, 0.3) is 0 Å². The number of aromatic nitrogens is 1. The second-order valence-corrected chi connectivity index (χ2v) is 5.78. The molecule has 1 N–H and O–H groups in total. The highest BCUT2D eigenvalue weighted by atomic mass is 35.5. The minimum atomic E-state index is -0.0890. The average Bonchev–Trinajstić information content (AvgIpc) is 2.55. The topological polar surface area (TPSA) is 62.3 Å². The Kier molecular flexibility index (Phi) is 4.30. The summed E-state index contributed by atoms with van der Waals surface area (Å²) in [6, 6.07) is 7.07. The van der Waals surface area contributed by atoms with E-state index in [-0.39, 0.29) is 11.8 Å². The molecule has 5 nitrogen and oxygen atoms in total. The predicted molar refractivity (Wildman–Crippen MR) is 90.0 cm³/mol. The highest BCUT2D eigenvalue weighted by molar-refractivity contribution is 6.30. The lowest BCUT2D eigenvalue weighted by atomic mass is 9.99. The third kappa shape index (κ3) is 3.19. The Morgan fingerprint density at radius 2 is 2.17 bits per heavy atom. The number of benzene rings is 1. The maximum Gasteiger partial charge on any atom is 0.258 e. The van der Waals surface area contributed by atoms with Crippen molar-refractivity contribution in [3.05, 3.63) is 52.8 Å². The summed E-state index contributed by atoms with van der Waals surface area (Å²) in [6.45, 7) is 2.34. The second-order valence-electron chi connectivity index (χ2n) is 5.34. The summed E-state index contributed by atoms with van der Waals surface area (Å²) in [7, 11) is 0. The van der Waals surface area contributed by atoms with E-state index in [4.69, 9.17) is 11.6 Å². The van der Waals surface area contributed by atoms with Crippen molar-refractivity contribution >= 4 is 34.8 Å². The summed E-state index contributed by atoms with van der Waals surface area (Å²) in [4.78, 5) is 30.0. The standard InChI is InChI=1S/C17H16ClN3O2/c1-2-16(22)20-13-8-14(10-19-9-13)21-6-5-11-7-12(18)3-4-15(11)17(21)23/h3-4,7-10H,2,5-6H2,1H3,(H,20,22). The number of carbonyl (C=O) groups is 2. The van der Waals surface area contributed by atoms with E-state index in [1.165, 1.54) is 0 Å². The van der Waals surface area contributed by atoms with E-state index in [2.05, 4.69) is 10.3 Å².